The van der Waals surface area contributed by atoms with E-state index in [0.29, 0.717) is 6.54 Å². The van der Waals surface area contributed by atoms with Crippen LogP contribution >= 0.6 is 23.2 Å². The first-order chi connectivity index (χ1) is 5.70. The Morgan fingerprint density at radius 3 is 1.36 bits per heavy atom. The van der Waals surface area contributed by atoms with Gasteiger partial charge in [0.15, 0.2) is 4.46 Å². The van der Waals surface area contributed by atoms with E-state index in [1.807, 2.05) is 27.7 Å². The first kappa shape index (κ1) is 17.6. The molecule has 5 heteroatoms. The molecule has 90 valence electrons. The summed E-state index contributed by atoms with van der Waals surface area (Å²) in [4.78, 5) is 0. The van der Waals surface area contributed by atoms with Crippen LogP contribution < -0.4 is 11.5 Å². The van der Waals surface area contributed by atoms with Crippen LogP contribution in [-0.2, 0) is 21.1 Å². The molecule has 0 aromatic carbocycles. The zero-order chi connectivity index (χ0) is 10.9. The van der Waals surface area contributed by atoms with E-state index in [0.717, 1.165) is 0 Å². The molecule has 0 rings (SSSR count). The van der Waals surface area contributed by atoms with Gasteiger partial charge in [0.2, 0.25) is 0 Å². The number of hydrogen-bond donors (Lipinski definition) is 2. The fraction of sp³-hybridized carbons (Fsp3) is 1.00. The number of halogens is 2. The topological polar surface area (TPSA) is 52.0 Å². The molecule has 2 nitrogen and oxygen atoms in total. The summed E-state index contributed by atoms with van der Waals surface area (Å²) in [5.41, 5.74) is 11.1. The largest absolute Gasteiger partial charge is 0.330 e. The molecule has 0 heterocycles. The standard InChI is InChI=1S/C9H20Cl2N2.Pt/c1-6(2)8(5-12,7(3)4)9(10,11)13;/h6-7H,5,12-13H2,1-4H3;. The summed E-state index contributed by atoms with van der Waals surface area (Å²) in [5.74, 6) is 0.495. The molecule has 0 aromatic rings. The smallest absolute Gasteiger partial charge is 0.173 e. The number of nitrogens with two attached hydrogens (primary N) is 2. The first-order valence-corrected chi connectivity index (χ1v) is 5.32. The van der Waals surface area contributed by atoms with E-state index in [2.05, 4.69) is 0 Å². The van der Waals surface area contributed by atoms with Crippen molar-refractivity contribution >= 4 is 23.2 Å². The third kappa shape index (κ3) is 3.09. The molecule has 0 fully saturated rings. The van der Waals surface area contributed by atoms with Crippen molar-refractivity contribution in [2.75, 3.05) is 6.54 Å². The number of hydrogen-bond acceptors (Lipinski definition) is 2. The Morgan fingerprint density at radius 2 is 1.36 bits per heavy atom. The van der Waals surface area contributed by atoms with Crippen LogP contribution in [0.1, 0.15) is 27.7 Å². The Kier molecular flexibility index (Phi) is 7.60. The monoisotopic (exact) mass is 421 g/mol. The van der Waals surface area contributed by atoms with Crippen molar-refractivity contribution in [3.63, 3.8) is 0 Å². The first-order valence-electron chi connectivity index (χ1n) is 4.57. The molecule has 0 amide bonds. The van der Waals surface area contributed by atoms with Crippen LogP contribution in [0.25, 0.3) is 0 Å². The maximum atomic E-state index is 6.01. The Bertz CT molecular complexity index is 159. The van der Waals surface area contributed by atoms with E-state index >= 15 is 0 Å². The van der Waals surface area contributed by atoms with Crippen molar-refractivity contribution < 1.29 is 21.1 Å². The second-order valence-electron chi connectivity index (χ2n) is 4.18. The Morgan fingerprint density at radius 1 is 1.07 bits per heavy atom. The molecule has 0 unspecified atom stereocenters. The fourth-order valence-electron chi connectivity index (χ4n) is 2.04. The summed E-state index contributed by atoms with van der Waals surface area (Å²) in [6.07, 6.45) is 0. The van der Waals surface area contributed by atoms with Crippen molar-refractivity contribution in [2.24, 2.45) is 28.7 Å². The van der Waals surface area contributed by atoms with Crippen LogP contribution in [0.4, 0.5) is 0 Å². The van der Waals surface area contributed by atoms with Gasteiger partial charge >= 0.3 is 0 Å². The predicted molar refractivity (Wildman–Crippen MR) is 59.8 cm³/mol. The second-order valence-corrected chi connectivity index (χ2v) is 5.56. The second kappa shape index (κ2) is 6.05. The molecule has 0 radical (unpaired) electrons. The zero-order valence-electron chi connectivity index (χ0n) is 9.09. The van der Waals surface area contributed by atoms with Gasteiger partial charge in [0.1, 0.15) is 0 Å². The van der Waals surface area contributed by atoms with Crippen molar-refractivity contribution in [1.82, 2.24) is 0 Å². The molecule has 0 aliphatic rings. The Labute approximate surface area is 111 Å². The van der Waals surface area contributed by atoms with Crippen LogP contribution in [0, 0.1) is 17.3 Å². The summed E-state index contributed by atoms with van der Waals surface area (Å²) < 4.78 is -1.27. The molecule has 0 aliphatic heterocycles. The third-order valence-electron chi connectivity index (χ3n) is 3.02. The minimum Gasteiger partial charge on any atom is -0.330 e. The van der Waals surface area contributed by atoms with Gasteiger partial charge in [-0.3, -0.25) is 5.73 Å². The van der Waals surface area contributed by atoms with Gasteiger partial charge < -0.3 is 5.73 Å². The molecule has 4 N–H and O–H groups in total. The maximum absolute atomic E-state index is 6.01. The van der Waals surface area contributed by atoms with Gasteiger partial charge in [-0.15, -0.1) is 0 Å². The van der Waals surface area contributed by atoms with Crippen molar-refractivity contribution in [1.29, 1.82) is 0 Å². The Balaban J connectivity index is 0. The van der Waals surface area contributed by atoms with Crippen LogP contribution in [-0.4, -0.2) is 11.0 Å². The van der Waals surface area contributed by atoms with Gasteiger partial charge in [0.25, 0.3) is 0 Å². The molecule has 0 aliphatic carbocycles. The molecule has 0 bridgehead atoms. The normalized spacial score (nSPS) is 13.3. The maximum Gasteiger partial charge on any atom is 0.173 e. The van der Waals surface area contributed by atoms with Crippen molar-refractivity contribution in [3.05, 3.63) is 0 Å². The van der Waals surface area contributed by atoms with Gasteiger partial charge in [-0.1, -0.05) is 50.9 Å². The molecule has 0 atom stereocenters. The fourth-order valence-corrected chi connectivity index (χ4v) is 3.07. The number of alkyl halides is 2. The van der Waals surface area contributed by atoms with E-state index in [4.69, 9.17) is 34.7 Å². The van der Waals surface area contributed by atoms with E-state index in [1.54, 1.807) is 0 Å². The van der Waals surface area contributed by atoms with Gasteiger partial charge in [-0.2, -0.15) is 0 Å². The molecule has 0 saturated heterocycles. The SMILES string of the molecule is CC(C)C(CN)(C(C)C)C(N)(Cl)Cl.[Pt]. The molecule has 0 aromatic heterocycles. The van der Waals surface area contributed by atoms with E-state index in [1.165, 1.54) is 0 Å². The summed E-state index contributed by atoms with van der Waals surface area (Å²) in [7, 11) is 0. The van der Waals surface area contributed by atoms with Crippen LogP contribution in [0.15, 0.2) is 0 Å². The minimum absolute atomic E-state index is 0. The average Bonchev–Trinajstić information content (AvgIpc) is 1.83. The van der Waals surface area contributed by atoms with Crippen LogP contribution in [0.5, 0.6) is 0 Å². The van der Waals surface area contributed by atoms with Gasteiger partial charge in [0, 0.05) is 33.0 Å². The average molecular weight is 422 g/mol. The summed E-state index contributed by atoms with van der Waals surface area (Å²) in [6.45, 7) is 8.56. The third-order valence-corrected chi connectivity index (χ3v) is 3.72. The van der Waals surface area contributed by atoms with Gasteiger partial charge in [0.05, 0.1) is 0 Å². The summed E-state index contributed by atoms with van der Waals surface area (Å²) in [6, 6.07) is 0. The van der Waals surface area contributed by atoms with Crippen molar-refractivity contribution in [3.8, 4) is 0 Å². The number of rotatable bonds is 4. The molecule has 0 saturated carbocycles. The van der Waals surface area contributed by atoms with Crippen molar-refractivity contribution in [2.45, 2.75) is 32.2 Å². The van der Waals surface area contributed by atoms with E-state index in [-0.39, 0.29) is 32.9 Å². The predicted octanol–water partition coefficient (Wildman–Crippen LogP) is 2.33. The summed E-state index contributed by atoms with van der Waals surface area (Å²) >= 11 is 12.0. The molecule has 0 spiro atoms. The van der Waals surface area contributed by atoms with Gasteiger partial charge in [-0.25, -0.2) is 0 Å². The van der Waals surface area contributed by atoms with E-state index in [9.17, 15) is 0 Å². The van der Waals surface area contributed by atoms with Gasteiger partial charge in [-0.05, 0) is 11.8 Å². The molecular formula is C9H20Cl2N2Pt. The quantitative estimate of drug-likeness (QED) is 0.540. The summed E-state index contributed by atoms with van der Waals surface area (Å²) in [5, 5.41) is 0. The Hall–Kier alpha value is 1.19. The van der Waals surface area contributed by atoms with Crippen LogP contribution in [0.2, 0.25) is 0 Å². The van der Waals surface area contributed by atoms with Crippen LogP contribution in [0.3, 0.4) is 0 Å². The molecule has 14 heavy (non-hydrogen) atoms. The minimum atomic E-state index is -1.27. The molecular weight excluding hydrogens is 402 g/mol. The van der Waals surface area contributed by atoms with E-state index < -0.39 is 9.87 Å². The zero-order valence-corrected chi connectivity index (χ0v) is 12.9.